The van der Waals surface area contributed by atoms with Gasteiger partial charge in [-0.2, -0.15) is 0 Å². The van der Waals surface area contributed by atoms with Crippen LogP contribution in [0.3, 0.4) is 0 Å². The predicted octanol–water partition coefficient (Wildman–Crippen LogP) is 2.73. The van der Waals surface area contributed by atoms with E-state index in [1.165, 1.54) is 5.56 Å². The Morgan fingerprint density at radius 3 is 3.00 bits per heavy atom. The number of carbonyl (C=O) groups excluding carboxylic acids is 1. The van der Waals surface area contributed by atoms with Gasteiger partial charge in [-0.25, -0.2) is 9.97 Å². The lowest BCUT2D eigenvalue weighted by Crippen LogP contribution is -2.44. The highest BCUT2D eigenvalue weighted by molar-refractivity contribution is 5.96. The Morgan fingerprint density at radius 2 is 2.20 bits per heavy atom. The number of ether oxygens (including phenoxy) is 1. The molecule has 0 saturated heterocycles. The van der Waals surface area contributed by atoms with Crippen molar-refractivity contribution in [1.29, 1.82) is 0 Å². The van der Waals surface area contributed by atoms with Crippen LogP contribution in [0.15, 0.2) is 36.5 Å². The molecule has 2 atom stereocenters. The van der Waals surface area contributed by atoms with Gasteiger partial charge in [0.05, 0.1) is 17.1 Å². The summed E-state index contributed by atoms with van der Waals surface area (Å²) in [6.07, 6.45) is 2.35. The maximum absolute atomic E-state index is 12.9. The fourth-order valence-corrected chi connectivity index (χ4v) is 3.25. The highest BCUT2D eigenvalue weighted by Gasteiger charge is 2.32. The second-order valence-electron chi connectivity index (χ2n) is 6.54. The molecule has 4 rings (SSSR count). The van der Waals surface area contributed by atoms with Crippen molar-refractivity contribution in [3.05, 3.63) is 53.5 Å². The molecule has 3 heterocycles. The van der Waals surface area contributed by atoms with Gasteiger partial charge >= 0.3 is 0 Å². The normalized spacial score (nSPS) is 17.2. The van der Waals surface area contributed by atoms with Gasteiger partial charge in [-0.3, -0.25) is 4.79 Å². The molecule has 0 bridgehead atoms. The fourth-order valence-electron chi connectivity index (χ4n) is 3.25. The molecule has 3 aromatic rings. The van der Waals surface area contributed by atoms with Gasteiger partial charge in [0.1, 0.15) is 17.7 Å². The SMILES string of the molecule is Cc1nc2ncc(C(=O)N(C)[C@@H](C)[C@@H]3Cc4ccccc4O3)cc2[nH]1. The van der Waals surface area contributed by atoms with E-state index in [4.69, 9.17) is 4.74 Å². The highest BCUT2D eigenvalue weighted by atomic mass is 16.5. The van der Waals surface area contributed by atoms with E-state index in [2.05, 4.69) is 21.0 Å². The number of hydrogen-bond acceptors (Lipinski definition) is 4. The van der Waals surface area contributed by atoms with Crippen molar-refractivity contribution in [2.75, 3.05) is 7.05 Å². The molecule has 25 heavy (non-hydrogen) atoms. The first kappa shape index (κ1) is 15.6. The van der Waals surface area contributed by atoms with Crippen molar-refractivity contribution in [2.24, 2.45) is 0 Å². The van der Waals surface area contributed by atoms with Crippen LogP contribution in [0.2, 0.25) is 0 Å². The molecule has 0 radical (unpaired) electrons. The zero-order chi connectivity index (χ0) is 17.6. The summed E-state index contributed by atoms with van der Waals surface area (Å²) in [7, 11) is 1.81. The van der Waals surface area contributed by atoms with E-state index in [0.29, 0.717) is 11.2 Å². The smallest absolute Gasteiger partial charge is 0.255 e. The summed E-state index contributed by atoms with van der Waals surface area (Å²) >= 11 is 0. The van der Waals surface area contributed by atoms with Crippen LogP contribution in [0.4, 0.5) is 0 Å². The van der Waals surface area contributed by atoms with Gasteiger partial charge in [-0.1, -0.05) is 18.2 Å². The van der Waals surface area contributed by atoms with E-state index in [0.717, 1.165) is 23.5 Å². The first-order valence-electron chi connectivity index (χ1n) is 8.37. The van der Waals surface area contributed by atoms with E-state index < -0.39 is 0 Å². The van der Waals surface area contributed by atoms with Crippen LogP contribution in [0.25, 0.3) is 11.2 Å². The fraction of sp³-hybridized carbons (Fsp3) is 0.316. The second-order valence-corrected chi connectivity index (χ2v) is 6.54. The lowest BCUT2D eigenvalue weighted by molar-refractivity contribution is 0.0598. The first-order valence-corrected chi connectivity index (χ1v) is 8.37. The molecule has 1 N–H and O–H groups in total. The number of likely N-dealkylation sites (N-methyl/N-ethyl adjacent to an activating group) is 1. The van der Waals surface area contributed by atoms with Crippen molar-refractivity contribution in [3.8, 4) is 5.75 Å². The summed E-state index contributed by atoms with van der Waals surface area (Å²) in [4.78, 5) is 26.2. The molecular formula is C19H20N4O2. The average Bonchev–Trinajstić information content (AvgIpc) is 3.21. The van der Waals surface area contributed by atoms with Crippen molar-refractivity contribution in [2.45, 2.75) is 32.4 Å². The average molecular weight is 336 g/mol. The lowest BCUT2D eigenvalue weighted by Gasteiger charge is -2.29. The Hall–Kier alpha value is -2.89. The van der Waals surface area contributed by atoms with E-state index in [1.54, 1.807) is 17.2 Å². The first-order chi connectivity index (χ1) is 12.0. The third-order valence-corrected chi connectivity index (χ3v) is 4.84. The third kappa shape index (κ3) is 2.73. The van der Waals surface area contributed by atoms with Crippen molar-refractivity contribution < 1.29 is 9.53 Å². The van der Waals surface area contributed by atoms with E-state index in [9.17, 15) is 4.79 Å². The van der Waals surface area contributed by atoms with Crippen molar-refractivity contribution in [1.82, 2.24) is 19.9 Å². The number of nitrogens with one attached hydrogen (secondary N) is 1. The molecule has 1 amide bonds. The number of nitrogens with zero attached hydrogens (tertiary/aromatic N) is 3. The summed E-state index contributed by atoms with van der Waals surface area (Å²) in [5.74, 6) is 1.62. The predicted molar refractivity (Wildman–Crippen MR) is 94.7 cm³/mol. The van der Waals surface area contributed by atoms with Gasteiger partial charge in [0.25, 0.3) is 5.91 Å². The van der Waals surface area contributed by atoms with Crippen LogP contribution in [0.5, 0.6) is 5.75 Å². The van der Waals surface area contributed by atoms with Crippen molar-refractivity contribution >= 4 is 17.1 Å². The molecule has 0 saturated carbocycles. The number of hydrogen-bond donors (Lipinski definition) is 1. The Labute approximate surface area is 145 Å². The molecule has 6 nitrogen and oxygen atoms in total. The van der Waals surface area contributed by atoms with Crippen LogP contribution in [-0.2, 0) is 6.42 Å². The van der Waals surface area contributed by atoms with Crippen LogP contribution in [0.1, 0.15) is 28.7 Å². The molecule has 0 aliphatic carbocycles. The van der Waals surface area contributed by atoms with Gasteiger partial charge in [0, 0.05) is 19.7 Å². The molecule has 0 fully saturated rings. The monoisotopic (exact) mass is 336 g/mol. The van der Waals surface area contributed by atoms with Gasteiger partial charge in [-0.15, -0.1) is 0 Å². The maximum Gasteiger partial charge on any atom is 0.255 e. The van der Waals surface area contributed by atoms with Crippen molar-refractivity contribution in [3.63, 3.8) is 0 Å². The molecule has 128 valence electrons. The lowest BCUT2D eigenvalue weighted by atomic mass is 10.0. The zero-order valence-corrected chi connectivity index (χ0v) is 14.5. The number of benzene rings is 1. The molecule has 1 aliphatic rings. The number of imidazole rings is 1. The number of rotatable bonds is 3. The van der Waals surface area contributed by atoms with Crippen LogP contribution in [-0.4, -0.2) is 45.0 Å². The Morgan fingerprint density at radius 1 is 1.40 bits per heavy atom. The summed E-state index contributed by atoms with van der Waals surface area (Å²) in [5, 5.41) is 0. The van der Waals surface area contributed by atoms with Crippen LogP contribution >= 0.6 is 0 Å². The molecule has 6 heteroatoms. The van der Waals surface area contributed by atoms with Gasteiger partial charge in [0.15, 0.2) is 5.65 Å². The molecular weight excluding hydrogens is 316 g/mol. The number of fused-ring (bicyclic) bond motifs is 2. The summed E-state index contributed by atoms with van der Waals surface area (Å²) in [6, 6.07) is 9.77. The van der Waals surface area contributed by atoms with E-state index >= 15 is 0 Å². The van der Waals surface area contributed by atoms with Gasteiger partial charge in [-0.05, 0) is 31.5 Å². The van der Waals surface area contributed by atoms with Gasteiger partial charge in [0.2, 0.25) is 0 Å². The maximum atomic E-state index is 12.9. The number of para-hydroxylation sites is 1. The van der Waals surface area contributed by atoms with Gasteiger partial charge < -0.3 is 14.6 Å². The Balaban J connectivity index is 1.53. The molecule has 0 spiro atoms. The summed E-state index contributed by atoms with van der Waals surface area (Å²) in [5.41, 5.74) is 3.13. The number of aryl methyl sites for hydroxylation is 1. The number of aromatic nitrogens is 3. The Bertz CT molecular complexity index is 925. The summed E-state index contributed by atoms with van der Waals surface area (Å²) in [6.45, 7) is 3.88. The molecule has 2 aromatic heterocycles. The van der Waals surface area contributed by atoms with E-state index in [-0.39, 0.29) is 18.1 Å². The van der Waals surface area contributed by atoms with E-state index in [1.807, 2.05) is 39.1 Å². The molecule has 0 unspecified atom stereocenters. The van der Waals surface area contributed by atoms with Crippen LogP contribution in [0, 0.1) is 6.92 Å². The summed E-state index contributed by atoms with van der Waals surface area (Å²) < 4.78 is 6.02. The standard InChI is InChI=1S/C19H20N4O2/c1-11(17-9-13-6-4-5-7-16(13)25-17)23(3)19(24)14-8-15-18(20-10-14)22-12(2)21-15/h4-8,10-11,17H,9H2,1-3H3,(H,20,21,22)/t11-,17-/m0/s1. The minimum absolute atomic E-state index is 0.0440. The quantitative estimate of drug-likeness (QED) is 0.798. The minimum atomic E-state index is -0.0753. The third-order valence-electron chi connectivity index (χ3n) is 4.84. The zero-order valence-electron chi connectivity index (χ0n) is 14.5. The number of H-pyrrole nitrogens is 1. The Kier molecular flexibility index (Phi) is 3.67. The highest BCUT2D eigenvalue weighted by Crippen LogP contribution is 2.30. The van der Waals surface area contributed by atoms with Crippen LogP contribution < -0.4 is 4.74 Å². The number of aromatic amines is 1. The minimum Gasteiger partial charge on any atom is -0.488 e. The second kappa shape index (κ2) is 5.88. The number of amides is 1. The number of carbonyl (C=O) groups is 1. The largest absolute Gasteiger partial charge is 0.488 e. The number of pyridine rings is 1. The molecule has 1 aliphatic heterocycles. The topological polar surface area (TPSA) is 71.1 Å². The molecule has 1 aromatic carbocycles.